The molecule has 8 nitrogen and oxygen atoms in total. The molecular weight excluding hydrogens is 553 g/mol. The minimum Gasteiger partial charge on any atom is -0.490 e. The van der Waals surface area contributed by atoms with Crippen molar-refractivity contribution in [2.24, 2.45) is 5.10 Å². The van der Waals surface area contributed by atoms with Gasteiger partial charge in [0.15, 0.2) is 11.5 Å². The van der Waals surface area contributed by atoms with Crippen LogP contribution in [0.25, 0.3) is 10.1 Å². The zero-order valence-electron chi connectivity index (χ0n) is 18.9. The van der Waals surface area contributed by atoms with E-state index in [2.05, 4.69) is 26.5 Å². The summed E-state index contributed by atoms with van der Waals surface area (Å²) in [7, 11) is 0. The number of rotatable bonds is 9. The monoisotopic (exact) mass is 571 g/mol. The Kier molecular flexibility index (Phi) is 7.91. The highest BCUT2D eigenvalue weighted by Crippen LogP contribution is 2.37. The first-order valence-corrected chi connectivity index (χ1v) is 12.3. The van der Waals surface area contributed by atoms with E-state index in [0.717, 1.165) is 4.70 Å². The molecule has 4 rings (SSSR count). The third-order valence-electron chi connectivity index (χ3n) is 4.98. The quantitative estimate of drug-likeness (QED) is 0.141. The topological polar surface area (TPSA) is 103 Å². The lowest BCUT2D eigenvalue weighted by atomic mass is 10.2. The van der Waals surface area contributed by atoms with Crippen LogP contribution in [0.1, 0.15) is 27.7 Å². The van der Waals surface area contributed by atoms with E-state index in [1.54, 1.807) is 42.5 Å². The van der Waals surface area contributed by atoms with Crippen LogP contribution in [-0.2, 0) is 6.61 Å². The number of nitrogens with zero attached hydrogens (tertiary/aromatic N) is 2. The van der Waals surface area contributed by atoms with Gasteiger partial charge < -0.3 is 9.47 Å². The molecule has 0 aliphatic carbocycles. The second-order valence-electron chi connectivity index (χ2n) is 7.43. The first-order valence-electron chi connectivity index (χ1n) is 10.7. The molecule has 0 bridgehead atoms. The van der Waals surface area contributed by atoms with Gasteiger partial charge in [0.2, 0.25) is 0 Å². The average Bonchev–Trinajstić information content (AvgIpc) is 3.28. The number of benzene rings is 3. The summed E-state index contributed by atoms with van der Waals surface area (Å²) in [6.07, 6.45) is 1.45. The molecule has 184 valence electrons. The third-order valence-corrected chi connectivity index (χ3v) is 6.68. The number of carbonyl (C=O) groups is 1. The molecule has 11 heteroatoms. The zero-order chi connectivity index (χ0) is 25.7. The lowest BCUT2D eigenvalue weighted by Crippen LogP contribution is -2.16. The summed E-state index contributed by atoms with van der Waals surface area (Å²) in [5.41, 5.74) is 3.46. The van der Waals surface area contributed by atoms with E-state index < -0.39 is 10.8 Å². The van der Waals surface area contributed by atoms with E-state index in [1.807, 2.05) is 6.92 Å². The van der Waals surface area contributed by atoms with Crippen molar-refractivity contribution in [1.29, 1.82) is 0 Å². The number of hydrazone groups is 1. The summed E-state index contributed by atoms with van der Waals surface area (Å²) >= 11 is 4.67. The van der Waals surface area contributed by atoms with Crippen LogP contribution in [0.4, 0.5) is 10.1 Å². The van der Waals surface area contributed by atoms with Crippen LogP contribution in [0.2, 0.25) is 0 Å². The molecule has 1 N–H and O–H groups in total. The van der Waals surface area contributed by atoms with Crippen molar-refractivity contribution in [2.75, 3.05) is 6.61 Å². The minimum atomic E-state index is -0.480. The molecule has 0 saturated heterocycles. The summed E-state index contributed by atoms with van der Waals surface area (Å²) in [5, 5.41) is 15.6. The Morgan fingerprint density at radius 2 is 2.00 bits per heavy atom. The summed E-state index contributed by atoms with van der Waals surface area (Å²) in [6.45, 7) is 2.23. The molecule has 3 aromatic carbocycles. The highest BCUT2D eigenvalue weighted by atomic mass is 79.9. The molecule has 1 amide bonds. The second kappa shape index (κ2) is 11.3. The number of nitrogens with one attached hydrogen (secondary N) is 1. The fourth-order valence-electron chi connectivity index (χ4n) is 3.31. The van der Waals surface area contributed by atoms with Gasteiger partial charge in [-0.3, -0.25) is 14.9 Å². The predicted octanol–water partition coefficient (Wildman–Crippen LogP) is 6.45. The molecule has 36 heavy (non-hydrogen) atoms. The Morgan fingerprint density at radius 3 is 2.75 bits per heavy atom. The number of fused-ring (bicyclic) bond motifs is 1. The Labute approximate surface area is 217 Å². The fraction of sp³-hybridized carbons (Fsp3) is 0.120. The largest absolute Gasteiger partial charge is 0.490 e. The van der Waals surface area contributed by atoms with Gasteiger partial charge in [-0.05, 0) is 58.7 Å². The molecule has 0 saturated carbocycles. The number of thiophene rings is 1. The van der Waals surface area contributed by atoms with E-state index in [0.29, 0.717) is 44.0 Å². The van der Waals surface area contributed by atoms with Crippen LogP contribution in [0.5, 0.6) is 11.5 Å². The highest BCUT2D eigenvalue weighted by Gasteiger charge is 2.15. The summed E-state index contributed by atoms with van der Waals surface area (Å²) in [5.74, 6) is 0.0507. The van der Waals surface area contributed by atoms with Gasteiger partial charge >= 0.3 is 0 Å². The minimum absolute atomic E-state index is 0.0210. The molecule has 0 atom stereocenters. The van der Waals surface area contributed by atoms with Crippen molar-refractivity contribution in [1.82, 2.24) is 5.43 Å². The van der Waals surface area contributed by atoms with Crippen LogP contribution in [-0.4, -0.2) is 23.7 Å². The van der Waals surface area contributed by atoms with Gasteiger partial charge in [0.1, 0.15) is 12.4 Å². The van der Waals surface area contributed by atoms with Gasteiger partial charge in [-0.1, -0.05) is 18.2 Å². The zero-order valence-corrected chi connectivity index (χ0v) is 21.3. The van der Waals surface area contributed by atoms with Gasteiger partial charge in [-0.25, -0.2) is 9.82 Å². The first-order chi connectivity index (χ1) is 17.4. The molecular formula is C25H19BrFN3O5S. The van der Waals surface area contributed by atoms with Gasteiger partial charge in [0, 0.05) is 27.8 Å². The molecule has 0 spiro atoms. The molecule has 0 aliphatic heterocycles. The lowest BCUT2D eigenvalue weighted by Gasteiger charge is -2.15. The Bertz CT molecular complexity index is 1470. The van der Waals surface area contributed by atoms with Gasteiger partial charge in [0.25, 0.3) is 11.6 Å². The SMILES string of the molecule is CCOc1cc(/C=N\NC(=O)c2cc3cc([N+](=O)[O-])ccc3s2)cc(Br)c1OCc1ccccc1F. The van der Waals surface area contributed by atoms with Crippen LogP contribution in [0, 0.1) is 15.9 Å². The molecule has 0 aliphatic rings. The Morgan fingerprint density at radius 1 is 1.19 bits per heavy atom. The van der Waals surface area contributed by atoms with E-state index >= 15 is 0 Å². The van der Waals surface area contributed by atoms with Crippen molar-refractivity contribution < 1.29 is 23.6 Å². The number of hydrogen-bond acceptors (Lipinski definition) is 7. The van der Waals surface area contributed by atoms with Crippen LogP contribution < -0.4 is 14.9 Å². The van der Waals surface area contributed by atoms with Gasteiger partial charge in [0.05, 0.1) is 27.1 Å². The number of non-ortho nitro benzene ring substituents is 1. The Hall–Kier alpha value is -3.83. The third kappa shape index (κ3) is 5.86. The molecule has 0 radical (unpaired) electrons. The van der Waals surface area contributed by atoms with Crippen LogP contribution in [0.3, 0.4) is 0 Å². The van der Waals surface area contributed by atoms with Crippen molar-refractivity contribution >= 4 is 55.2 Å². The van der Waals surface area contributed by atoms with E-state index in [1.165, 1.54) is 35.8 Å². The lowest BCUT2D eigenvalue weighted by molar-refractivity contribution is -0.384. The molecule has 0 fully saturated rings. The van der Waals surface area contributed by atoms with Crippen LogP contribution >= 0.6 is 27.3 Å². The summed E-state index contributed by atoms with van der Waals surface area (Å²) in [6, 6.07) is 15.8. The summed E-state index contributed by atoms with van der Waals surface area (Å²) < 4.78 is 26.8. The average molecular weight is 572 g/mol. The second-order valence-corrected chi connectivity index (χ2v) is 9.37. The van der Waals surface area contributed by atoms with Gasteiger partial charge in [-0.15, -0.1) is 11.3 Å². The van der Waals surface area contributed by atoms with E-state index in [4.69, 9.17) is 9.47 Å². The Balaban J connectivity index is 1.47. The number of nitro groups is 1. The summed E-state index contributed by atoms with van der Waals surface area (Å²) in [4.78, 5) is 23.4. The number of carbonyl (C=O) groups excluding carboxylic acids is 1. The van der Waals surface area contributed by atoms with Crippen molar-refractivity contribution in [2.45, 2.75) is 13.5 Å². The first kappa shape index (κ1) is 25.3. The smallest absolute Gasteiger partial charge is 0.281 e. The number of amides is 1. The predicted molar refractivity (Wildman–Crippen MR) is 140 cm³/mol. The number of nitro benzene ring substituents is 1. The standard InChI is InChI=1S/C25H19BrFN3O5S/c1-2-34-21-10-15(9-19(26)24(21)35-14-16-5-3-4-6-20(16)27)13-28-29-25(31)23-12-17-11-18(30(32)33)7-8-22(17)36-23/h3-13H,2,14H2,1H3,(H,29,31)/b28-13-. The number of hydrogen-bond donors (Lipinski definition) is 1. The van der Waals surface area contributed by atoms with Crippen molar-refractivity contribution in [3.63, 3.8) is 0 Å². The van der Waals surface area contributed by atoms with E-state index in [9.17, 15) is 19.3 Å². The van der Waals surface area contributed by atoms with E-state index in [-0.39, 0.29) is 18.1 Å². The number of halogens is 2. The molecule has 0 unspecified atom stereocenters. The van der Waals surface area contributed by atoms with Crippen molar-refractivity contribution in [3.05, 3.63) is 97.1 Å². The molecule has 1 aromatic heterocycles. The normalized spacial score (nSPS) is 11.1. The fourth-order valence-corrected chi connectivity index (χ4v) is 4.81. The maximum absolute atomic E-state index is 13.9. The van der Waals surface area contributed by atoms with Crippen LogP contribution in [0.15, 0.2) is 70.2 Å². The van der Waals surface area contributed by atoms with Gasteiger partial charge in [-0.2, -0.15) is 5.10 Å². The number of ether oxygens (including phenoxy) is 2. The maximum Gasteiger partial charge on any atom is 0.281 e. The molecule has 1 heterocycles. The van der Waals surface area contributed by atoms with Crippen molar-refractivity contribution in [3.8, 4) is 11.5 Å². The highest BCUT2D eigenvalue weighted by molar-refractivity contribution is 9.10. The maximum atomic E-state index is 13.9. The molecule has 4 aromatic rings.